The number of anilines is 1. The lowest BCUT2D eigenvalue weighted by atomic mass is 9.76. The number of amides is 2. The maximum Gasteiger partial charge on any atom is 0.417 e. The van der Waals surface area contributed by atoms with Gasteiger partial charge in [0.05, 0.1) is 52.5 Å². The van der Waals surface area contributed by atoms with Crippen molar-refractivity contribution in [2.24, 2.45) is 11.8 Å². The maximum absolute atomic E-state index is 13.3. The van der Waals surface area contributed by atoms with Crippen molar-refractivity contribution in [1.82, 2.24) is 0 Å². The minimum Gasteiger partial charge on any atom is -0.393 e. The lowest BCUT2D eigenvalue weighted by molar-refractivity contribution is -0.204. The maximum atomic E-state index is 13.3. The molecule has 2 bridgehead atoms. The Labute approximate surface area is 169 Å². The highest BCUT2D eigenvalue weighted by Crippen LogP contribution is 2.60. The number of halogens is 3. The highest BCUT2D eigenvalue weighted by molar-refractivity contribution is 6.22. The van der Waals surface area contributed by atoms with Crippen LogP contribution in [0.15, 0.2) is 18.2 Å². The van der Waals surface area contributed by atoms with E-state index >= 15 is 0 Å². The first kappa shape index (κ1) is 20.8. The van der Waals surface area contributed by atoms with E-state index in [1.165, 1.54) is 6.07 Å². The molecule has 0 radical (unpaired) electrons. The number of alkyl halides is 3. The highest BCUT2D eigenvalue weighted by atomic mass is 19.4. The third-order valence-corrected chi connectivity index (χ3v) is 6.73. The van der Waals surface area contributed by atoms with Crippen LogP contribution in [-0.2, 0) is 20.5 Å². The molecule has 3 aliphatic rings. The predicted octanol–water partition coefficient (Wildman–Crippen LogP) is 1.75. The van der Waals surface area contributed by atoms with Gasteiger partial charge in [0.25, 0.3) is 0 Å². The van der Waals surface area contributed by atoms with Crippen LogP contribution in [0.5, 0.6) is 0 Å². The fourth-order valence-corrected chi connectivity index (χ4v) is 5.34. The summed E-state index contributed by atoms with van der Waals surface area (Å²) in [5, 5.41) is 29.5. The van der Waals surface area contributed by atoms with Gasteiger partial charge in [-0.1, -0.05) is 0 Å². The number of hydrogen-bond acceptors (Lipinski definition) is 6. The summed E-state index contributed by atoms with van der Waals surface area (Å²) in [7, 11) is 0. The van der Waals surface area contributed by atoms with E-state index in [4.69, 9.17) is 10.00 Å². The highest BCUT2D eigenvalue weighted by Gasteiger charge is 2.72. The van der Waals surface area contributed by atoms with Gasteiger partial charge in [-0.15, -0.1) is 0 Å². The van der Waals surface area contributed by atoms with Gasteiger partial charge in [-0.2, -0.15) is 18.4 Å². The smallest absolute Gasteiger partial charge is 0.393 e. The number of nitriles is 1. The lowest BCUT2D eigenvalue weighted by Gasteiger charge is -2.43. The standard InChI is InChI=1S/C20H19F3N2O5/c1-17-8-19(29,9-26)18(2,30-17)6-12-14(17)16(28)25(15(12)27)11-4-3-10(7-24)13(5-11)20(21,22)23/h3-5,12,14,26,29H,6,8-9H2,1-2H3/t12-,14+,17?,18?,19+/m0/s1. The number of carbonyl (C=O) groups is 2. The molecule has 1 aromatic rings. The fourth-order valence-electron chi connectivity index (χ4n) is 5.34. The van der Waals surface area contributed by atoms with Crippen molar-refractivity contribution in [2.75, 3.05) is 11.5 Å². The van der Waals surface area contributed by atoms with Crippen molar-refractivity contribution in [3.8, 4) is 6.07 Å². The number of fused-ring (bicyclic) bond motifs is 4. The van der Waals surface area contributed by atoms with Crippen LogP contribution in [0.3, 0.4) is 0 Å². The van der Waals surface area contributed by atoms with Gasteiger partial charge in [-0.05, 0) is 38.5 Å². The summed E-state index contributed by atoms with van der Waals surface area (Å²) in [5.74, 6) is -3.34. The minimum atomic E-state index is -4.83. The largest absolute Gasteiger partial charge is 0.417 e. The van der Waals surface area contributed by atoms with Crippen molar-refractivity contribution >= 4 is 17.5 Å². The van der Waals surface area contributed by atoms with Gasteiger partial charge in [0.15, 0.2) is 0 Å². The molecule has 5 atom stereocenters. The Kier molecular flexibility index (Phi) is 4.18. The monoisotopic (exact) mass is 424 g/mol. The van der Waals surface area contributed by atoms with E-state index < -0.39 is 64.4 Å². The van der Waals surface area contributed by atoms with Crippen LogP contribution in [0, 0.1) is 23.2 Å². The molecule has 30 heavy (non-hydrogen) atoms. The molecule has 2 N–H and O–H groups in total. The van der Waals surface area contributed by atoms with Crippen LogP contribution in [0.2, 0.25) is 0 Å². The summed E-state index contributed by atoms with van der Waals surface area (Å²) >= 11 is 0. The molecular weight excluding hydrogens is 405 g/mol. The first-order chi connectivity index (χ1) is 13.8. The normalized spacial score (nSPS) is 38.0. The lowest BCUT2D eigenvalue weighted by Crippen LogP contribution is -2.55. The quantitative estimate of drug-likeness (QED) is 0.700. The number of hydrogen-bond donors (Lipinski definition) is 2. The van der Waals surface area contributed by atoms with Crippen LogP contribution in [0.1, 0.15) is 37.8 Å². The number of ether oxygens (including phenoxy) is 1. The third-order valence-electron chi connectivity index (χ3n) is 6.73. The van der Waals surface area contributed by atoms with E-state index in [2.05, 4.69) is 0 Å². The van der Waals surface area contributed by atoms with Crippen molar-refractivity contribution in [3.63, 3.8) is 0 Å². The van der Waals surface area contributed by atoms with Gasteiger partial charge in [0, 0.05) is 6.42 Å². The first-order valence-electron chi connectivity index (χ1n) is 9.33. The van der Waals surface area contributed by atoms with Crippen LogP contribution in [0.4, 0.5) is 18.9 Å². The van der Waals surface area contributed by atoms with E-state index in [0.29, 0.717) is 11.0 Å². The molecule has 2 unspecified atom stereocenters. The SMILES string of the molecule is CC12C[C@@](O)(CO)C(C)(C[C@@H]3C(=O)N(c4ccc(C#N)c(C(F)(F)F)c4)C(=O)[C@@H]31)O2. The molecule has 2 amide bonds. The molecule has 3 fully saturated rings. The summed E-state index contributed by atoms with van der Waals surface area (Å²) in [6, 6.07) is 4.15. The second kappa shape index (κ2) is 6.03. The van der Waals surface area contributed by atoms with Gasteiger partial charge >= 0.3 is 6.18 Å². The zero-order valence-electron chi connectivity index (χ0n) is 16.2. The van der Waals surface area contributed by atoms with Gasteiger partial charge in [0.1, 0.15) is 5.60 Å². The summed E-state index contributed by atoms with van der Waals surface area (Å²) in [6.45, 7) is 2.49. The van der Waals surface area contributed by atoms with Crippen LogP contribution in [0.25, 0.3) is 0 Å². The number of carbonyl (C=O) groups excluding carboxylic acids is 2. The van der Waals surface area contributed by atoms with Gasteiger partial charge in [0.2, 0.25) is 11.8 Å². The van der Waals surface area contributed by atoms with Crippen molar-refractivity contribution < 1.29 is 37.7 Å². The Morgan fingerprint density at radius 1 is 1.30 bits per heavy atom. The average molecular weight is 424 g/mol. The molecule has 0 aliphatic carbocycles. The molecule has 3 saturated heterocycles. The topological polar surface area (TPSA) is 111 Å². The molecule has 0 saturated carbocycles. The van der Waals surface area contributed by atoms with E-state index in [0.717, 1.165) is 12.1 Å². The zero-order chi connectivity index (χ0) is 22.3. The molecule has 3 aliphatic heterocycles. The van der Waals surface area contributed by atoms with Crippen LogP contribution in [-0.4, -0.2) is 45.4 Å². The van der Waals surface area contributed by atoms with E-state index in [1.807, 2.05) is 0 Å². The van der Waals surface area contributed by atoms with Gasteiger partial charge in [-0.3, -0.25) is 9.59 Å². The number of imide groups is 1. The molecule has 4 rings (SSSR count). The molecule has 0 aromatic heterocycles. The second-order valence-corrected chi connectivity index (χ2v) is 8.65. The molecular formula is C20H19F3N2O5. The Hall–Kier alpha value is -2.48. The first-order valence-corrected chi connectivity index (χ1v) is 9.33. The van der Waals surface area contributed by atoms with Crippen LogP contribution >= 0.6 is 0 Å². The van der Waals surface area contributed by atoms with Crippen LogP contribution < -0.4 is 4.90 Å². The Morgan fingerprint density at radius 3 is 2.53 bits per heavy atom. The van der Waals surface area contributed by atoms with E-state index in [-0.39, 0.29) is 18.5 Å². The Morgan fingerprint density at radius 2 is 1.97 bits per heavy atom. The summed E-state index contributed by atoms with van der Waals surface area (Å²) < 4.78 is 46.0. The second-order valence-electron chi connectivity index (χ2n) is 8.65. The van der Waals surface area contributed by atoms with E-state index in [9.17, 15) is 33.0 Å². The third kappa shape index (κ3) is 2.55. The average Bonchev–Trinajstić information content (AvgIpc) is 2.99. The van der Waals surface area contributed by atoms with Gasteiger partial charge < -0.3 is 14.9 Å². The Bertz CT molecular complexity index is 1010. The Balaban J connectivity index is 1.78. The number of nitrogens with zero attached hydrogens (tertiary/aromatic N) is 2. The molecule has 0 spiro atoms. The molecule has 160 valence electrons. The number of rotatable bonds is 2. The minimum absolute atomic E-state index is 0.0617. The number of aliphatic hydroxyl groups is 2. The molecule has 10 heteroatoms. The van der Waals surface area contributed by atoms with Gasteiger partial charge in [-0.25, -0.2) is 4.90 Å². The molecule has 1 aromatic carbocycles. The predicted molar refractivity (Wildman–Crippen MR) is 94.8 cm³/mol. The van der Waals surface area contributed by atoms with Crippen molar-refractivity contribution in [3.05, 3.63) is 29.3 Å². The number of aliphatic hydroxyl groups excluding tert-OH is 1. The summed E-state index contributed by atoms with van der Waals surface area (Å²) in [6.07, 6.45) is -4.99. The summed E-state index contributed by atoms with van der Waals surface area (Å²) in [5.41, 5.74) is -6.31. The van der Waals surface area contributed by atoms with Crippen molar-refractivity contribution in [1.29, 1.82) is 5.26 Å². The summed E-state index contributed by atoms with van der Waals surface area (Å²) in [4.78, 5) is 27.0. The zero-order valence-corrected chi connectivity index (χ0v) is 16.2. The fraction of sp³-hybridized carbons (Fsp3) is 0.550. The van der Waals surface area contributed by atoms with Crippen molar-refractivity contribution in [2.45, 2.75) is 49.7 Å². The molecule has 3 heterocycles. The number of benzene rings is 1. The molecule has 7 nitrogen and oxygen atoms in total. The van der Waals surface area contributed by atoms with E-state index in [1.54, 1.807) is 13.8 Å².